The van der Waals surface area contributed by atoms with Crippen molar-refractivity contribution < 1.29 is 23.9 Å². The highest BCUT2D eigenvalue weighted by Gasteiger charge is 2.62. The minimum atomic E-state index is -0.600. The first kappa shape index (κ1) is 16.1. The van der Waals surface area contributed by atoms with Crippen LogP contribution in [0.1, 0.15) is 18.4 Å². The molecule has 1 N–H and O–H groups in total. The zero-order valence-electron chi connectivity index (χ0n) is 13.9. The van der Waals surface area contributed by atoms with E-state index in [4.69, 9.17) is 9.47 Å². The standard InChI is InChI=1S/C18H20N2O5/c1-10-4-2-3-5-11(10)19-18(23)24-9-8-20-16(21)14-12-6-7-13(25-12)15(14)17(20)22/h2-5,12-15H,6-9H2,1H3,(H,19,23). The lowest BCUT2D eigenvalue weighted by Crippen LogP contribution is -2.37. The molecule has 25 heavy (non-hydrogen) atoms. The van der Waals surface area contributed by atoms with E-state index < -0.39 is 6.09 Å². The first-order valence-electron chi connectivity index (χ1n) is 8.56. The first-order valence-corrected chi connectivity index (χ1v) is 8.56. The van der Waals surface area contributed by atoms with Crippen LogP contribution in [0.15, 0.2) is 24.3 Å². The topological polar surface area (TPSA) is 84.9 Å². The lowest BCUT2D eigenvalue weighted by atomic mass is 9.81. The number of hydrogen-bond acceptors (Lipinski definition) is 5. The summed E-state index contributed by atoms with van der Waals surface area (Å²) in [7, 11) is 0. The molecule has 1 aromatic carbocycles. The molecule has 0 spiro atoms. The van der Waals surface area contributed by atoms with Gasteiger partial charge in [0.15, 0.2) is 0 Å². The number of carbonyl (C=O) groups is 3. The summed E-state index contributed by atoms with van der Waals surface area (Å²) < 4.78 is 10.8. The number of nitrogens with one attached hydrogen (secondary N) is 1. The number of likely N-dealkylation sites (tertiary alicyclic amines) is 1. The zero-order chi connectivity index (χ0) is 17.6. The third-order valence-electron chi connectivity index (χ3n) is 5.31. The van der Waals surface area contributed by atoms with Gasteiger partial charge in [0.2, 0.25) is 11.8 Å². The second kappa shape index (κ2) is 6.15. The van der Waals surface area contributed by atoms with Gasteiger partial charge in [0.05, 0.1) is 30.6 Å². The van der Waals surface area contributed by atoms with Gasteiger partial charge in [-0.1, -0.05) is 18.2 Å². The van der Waals surface area contributed by atoms with Crippen molar-refractivity contribution in [3.63, 3.8) is 0 Å². The Morgan fingerprint density at radius 1 is 1.20 bits per heavy atom. The quantitative estimate of drug-likeness (QED) is 0.841. The summed E-state index contributed by atoms with van der Waals surface area (Å²) in [5.74, 6) is -1.06. The highest BCUT2D eigenvalue weighted by atomic mass is 16.5. The molecule has 0 aromatic heterocycles. The third kappa shape index (κ3) is 2.68. The normalized spacial score (nSPS) is 29.9. The molecular weight excluding hydrogens is 324 g/mol. The van der Waals surface area contributed by atoms with Crippen molar-refractivity contribution in [1.82, 2.24) is 4.90 Å². The van der Waals surface area contributed by atoms with Gasteiger partial charge < -0.3 is 9.47 Å². The second-order valence-electron chi connectivity index (χ2n) is 6.75. The number of carbonyl (C=O) groups excluding carboxylic acids is 3. The Morgan fingerprint density at radius 3 is 2.48 bits per heavy atom. The van der Waals surface area contributed by atoms with E-state index in [2.05, 4.69) is 5.32 Å². The lowest BCUT2D eigenvalue weighted by Gasteiger charge is -2.17. The number of hydrogen-bond donors (Lipinski definition) is 1. The van der Waals surface area contributed by atoms with E-state index in [1.54, 1.807) is 6.07 Å². The van der Waals surface area contributed by atoms with Crippen LogP contribution in [-0.2, 0) is 19.1 Å². The fourth-order valence-corrected chi connectivity index (χ4v) is 4.08. The van der Waals surface area contributed by atoms with Gasteiger partial charge in [0, 0.05) is 5.69 Å². The van der Waals surface area contributed by atoms with Crippen LogP contribution >= 0.6 is 0 Å². The Morgan fingerprint density at radius 2 is 1.84 bits per heavy atom. The molecule has 4 rings (SSSR count). The highest BCUT2D eigenvalue weighted by molar-refractivity contribution is 6.06. The van der Waals surface area contributed by atoms with Crippen molar-refractivity contribution in [3.05, 3.63) is 29.8 Å². The summed E-state index contributed by atoms with van der Waals surface area (Å²) in [6, 6.07) is 7.36. The molecule has 2 bridgehead atoms. The van der Waals surface area contributed by atoms with E-state index in [9.17, 15) is 14.4 Å². The SMILES string of the molecule is Cc1ccccc1NC(=O)OCCN1C(=O)C2C3CCC(O3)C2C1=O. The van der Waals surface area contributed by atoms with E-state index >= 15 is 0 Å². The van der Waals surface area contributed by atoms with Crippen LogP contribution in [0.2, 0.25) is 0 Å². The third-order valence-corrected chi connectivity index (χ3v) is 5.31. The number of aryl methyl sites for hydroxylation is 1. The Balaban J connectivity index is 1.30. The monoisotopic (exact) mass is 344 g/mol. The molecule has 0 aliphatic carbocycles. The number of nitrogens with zero attached hydrogens (tertiary/aromatic N) is 1. The van der Waals surface area contributed by atoms with Gasteiger partial charge in [0.1, 0.15) is 6.61 Å². The summed E-state index contributed by atoms with van der Waals surface area (Å²) in [6.45, 7) is 1.95. The maximum atomic E-state index is 12.5. The minimum Gasteiger partial charge on any atom is -0.447 e. The average Bonchev–Trinajstić information content (AvgIpc) is 3.26. The highest BCUT2D eigenvalue weighted by Crippen LogP contribution is 2.48. The fraction of sp³-hybridized carbons (Fsp3) is 0.500. The van der Waals surface area contributed by atoms with Gasteiger partial charge in [-0.05, 0) is 31.4 Å². The number of fused-ring (bicyclic) bond motifs is 5. The van der Waals surface area contributed by atoms with Crippen molar-refractivity contribution in [2.75, 3.05) is 18.5 Å². The van der Waals surface area contributed by atoms with Gasteiger partial charge in [-0.3, -0.25) is 19.8 Å². The number of anilines is 1. The van der Waals surface area contributed by atoms with E-state index in [-0.39, 0.29) is 49.0 Å². The lowest BCUT2D eigenvalue weighted by molar-refractivity contribution is -0.143. The summed E-state index contributed by atoms with van der Waals surface area (Å²) in [5.41, 5.74) is 1.59. The molecule has 3 aliphatic heterocycles. The van der Waals surface area contributed by atoms with Gasteiger partial charge >= 0.3 is 6.09 Å². The zero-order valence-corrected chi connectivity index (χ0v) is 13.9. The van der Waals surface area contributed by atoms with Crippen LogP contribution < -0.4 is 5.32 Å². The van der Waals surface area contributed by atoms with Crippen molar-refractivity contribution >= 4 is 23.6 Å². The molecule has 3 amide bonds. The molecule has 0 radical (unpaired) electrons. The first-order chi connectivity index (χ1) is 12.1. The number of para-hydroxylation sites is 1. The smallest absolute Gasteiger partial charge is 0.411 e. The van der Waals surface area contributed by atoms with E-state index in [0.29, 0.717) is 5.69 Å². The van der Waals surface area contributed by atoms with Crippen molar-refractivity contribution in [2.24, 2.45) is 11.8 Å². The summed E-state index contributed by atoms with van der Waals surface area (Å²) in [4.78, 5) is 38.0. The van der Waals surface area contributed by atoms with Gasteiger partial charge in [-0.2, -0.15) is 0 Å². The minimum absolute atomic E-state index is 0.0230. The van der Waals surface area contributed by atoms with Crippen molar-refractivity contribution in [2.45, 2.75) is 32.0 Å². The molecule has 4 unspecified atom stereocenters. The Bertz CT molecular complexity index is 706. The van der Waals surface area contributed by atoms with Crippen molar-refractivity contribution in [1.29, 1.82) is 0 Å². The molecule has 3 fully saturated rings. The molecule has 3 aliphatic rings. The molecule has 7 heteroatoms. The van der Waals surface area contributed by atoms with Crippen LogP contribution in [0.5, 0.6) is 0 Å². The fourth-order valence-electron chi connectivity index (χ4n) is 4.08. The Kier molecular flexibility index (Phi) is 3.95. The average molecular weight is 344 g/mol. The molecule has 3 saturated heterocycles. The number of ether oxygens (including phenoxy) is 2. The number of amides is 3. The molecule has 7 nitrogen and oxygen atoms in total. The molecule has 0 saturated carbocycles. The van der Waals surface area contributed by atoms with E-state index in [1.807, 2.05) is 25.1 Å². The van der Waals surface area contributed by atoms with Gasteiger partial charge in [0.25, 0.3) is 0 Å². The van der Waals surface area contributed by atoms with Crippen molar-refractivity contribution in [3.8, 4) is 0 Å². The molecule has 3 heterocycles. The summed E-state index contributed by atoms with van der Waals surface area (Å²) >= 11 is 0. The number of benzene rings is 1. The Labute approximate surface area is 145 Å². The van der Waals surface area contributed by atoms with Gasteiger partial charge in [-0.25, -0.2) is 4.79 Å². The second-order valence-corrected chi connectivity index (χ2v) is 6.75. The van der Waals surface area contributed by atoms with E-state index in [1.165, 1.54) is 4.90 Å². The summed E-state index contributed by atoms with van der Waals surface area (Å²) in [6.07, 6.45) is 0.836. The largest absolute Gasteiger partial charge is 0.447 e. The van der Waals surface area contributed by atoms with Gasteiger partial charge in [-0.15, -0.1) is 0 Å². The number of imide groups is 1. The van der Waals surface area contributed by atoms with E-state index in [0.717, 1.165) is 18.4 Å². The molecular formula is C18H20N2O5. The Hall–Kier alpha value is -2.41. The maximum Gasteiger partial charge on any atom is 0.411 e. The van der Waals surface area contributed by atoms with Crippen LogP contribution in [0, 0.1) is 18.8 Å². The number of rotatable bonds is 4. The predicted octanol–water partition coefficient (Wildman–Crippen LogP) is 1.71. The maximum absolute atomic E-state index is 12.5. The predicted molar refractivity (Wildman–Crippen MR) is 87.7 cm³/mol. The molecule has 1 aromatic rings. The summed E-state index contributed by atoms with van der Waals surface area (Å²) in [5, 5.41) is 2.65. The van der Waals surface area contributed by atoms with Crippen LogP contribution in [0.25, 0.3) is 0 Å². The molecule has 132 valence electrons. The van der Waals surface area contributed by atoms with Crippen LogP contribution in [0.3, 0.4) is 0 Å². The van der Waals surface area contributed by atoms with Crippen LogP contribution in [-0.4, -0.2) is 48.2 Å². The molecule has 4 atom stereocenters. The van der Waals surface area contributed by atoms with Crippen LogP contribution in [0.4, 0.5) is 10.5 Å².